The summed E-state index contributed by atoms with van der Waals surface area (Å²) in [5, 5.41) is 3.60. The zero-order valence-electron chi connectivity index (χ0n) is 9.30. The van der Waals surface area contributed by atoms with Gasteiger partial charge in [0.05, 0.1) is 0 Å². The van der Waals surface area contributed by atoms with E-state index in [9.17, 15) is 0 Å². The Kier molecular flexibility index (Phi) is 2.86. The van der Waals surface area contributed by atoms with Gasteiger partial charge in [0.1, 0.15) is 0 Å². The van der Waals surface area contributed by atoms with E-state index in [2.05, 4.69) is 45.5 Å². The molecule has 0 aromatic heterocycles. The molecule has 1 atom stereocenters. The lowest BCUT2D eigenvalue weighted by atomic mass is 9.86. The van der Waals surface area contributed by atoms with Crippen LogP contribution in [0.3, 0.4) is 0 Å². The van der Waals surface area contributed by atoms with E-state index in [1.165, 1.54) is 53.4 Å². The van der Waals surface area contributed by atoms with Crippen LogP contribution in [0.15, 0.2) is 28.7 Å². The number of fused-ring (bicyclic) bond motifs is 1. The van der Waals surface area contributed by atoms with E-state index in [4.69, 9.17) is 0 Å². The first kappa shape index (κ1) is 10.5. The minimum absolute atomic E-state index is 0.597. The molecule has 1 aliphatic heterocycles. The van der Waals surface area contributed by atoms with Crippen molar-refractivity contribution in [1.82, 2.24) is 5.32 Å². The van der Waals surface area contributed by atoms with E-state index >= 15 is 0 Å². The lowest BCUT2D eigenvalue weighted by Gasteiger charge is -2.23. The van der Waals surface area contributed by atoms with Crippen molar-refractivity contribution >= 4 is 21.5 Å². The van der Waals surface area contributed by atoms with Gasteiger partial charge in [0, 0.05) is 10.5 Å². The van der Waals surface area contributed by atoms with E-state index in [-0.39, 0.29) is 0 Å². The zero-order valence-corrected chi connectivity index (χ0v) is 10.9. The highest BCUT2D eigenvalue weighted by Crippen LogP contribution is 2.33. The molecule has 1 N–H and O–H groups in total. The number of benzene rings is 1. The molecule has 1 aromatic rings. The van der Waals surface area contributed by atoms with Crippen LogP contribution in [0, 0.1) is 0 Å². The third kappa shape index (κ3) is 1.85. The SMILES string of the molecule is Brc1ccc2c(c1)CCC=C2C1CCCN1. The van der Waals surface area contributed by atoms with Crippen LogP contribution >= 0.6 is 15.9 Å². The minimum Gasteiger partial charge on any atom is -0.310 e. The van der Waals surface area contributed by atoms with Crippen LogP contribution < -0.4 is 5.32 Å². The molecule has 1 aliphatic carbocycles. The normalized spacial score (nSPS) is 24.1. The fourth-order valence-corrected chi connectivity index (χ4v) is 3.23. The van der Waals surface area contributed by atoms with Gasteiger partial charge in [-0.1, -0.05) is 28.1 Å². The number of rotatable bonds is 1. The van der Waals surface area contributed by atoms with E-state index in [1.807, 2.05) is 0 Å². The molecule has 84 valence electrons. The predicted molar refractivity (Wildman–Crippen MR) is 71.5 cm³/mol. The van der Waals surface area contributed by atoms with E-state index in [0.717, 1.165) is 0 Å². The Morgan fingerprint density at radius 1 is 1.31 bits per heavy atom. The van der Waals surface area contributed by atoms with Gasteiger partial charge in [-0.2, -0.15) is 0 Å². The average Bonchev–Trinajstić information content (AvgIpc) is 2.81. The largest absolute Gasteiger partial charge is 0.310 e. The molecule has 0 radical (unpaired) electrons. The van der Waals surface area contributed by atoms with E-state index in [0.29, 0.717) is 6.04 Å². The van der Waals surface area contributed by atoms with Crippen LogP contribution in [0.25, 0.3) is 5.57 Å². The molecule has 1 aromatic carbocycles. The standard InChI is InChI=1S/C14H16BrN/c15-11-6-7-12-10(9-11)3-1-4-13(12)14-5-2-8-16-14/h4,6-7,9,14,16H,1-3,5,8H2. The fraction of sp³-hybridized carbons (Fsp3) is 0.429. The first-order chi connectivity index (χ1) is 7.84. The third-order valence-corrected chi connectivity index (χ3v) is 4.09. The van der Waals surface area contributed by atoms with Crippen molar-refractivity contribution < 1.29 is 0 Å². The van der Waals surface area contributed by atoms with Crippen LogP contribution in [0.5, 0.6) is 0 Å². The molecule has 1 fully saturated rings. The van der Waals surface area contributed by atoms with Crippen LogP contribution in [0.1, 0.15) is 30.4 Å². The maximum atomic E-state index is 3.60. The van der Waals surface area contributed by atoms with Gasteiger partial charge in [-0.05, 0) is 61.1 Å². The Bertz CT molecular complexity index is 430. The van der Waals surface area contributed by atoms with Crippen molar-refractivity contribution in [1.29, 1.82) is 0 Å². The van der Waals surface area contributed by atoms with Crippen molar-refractivity contribution in [2.24, 2.45) is 0 Å². The summed E-state index contributed by atoms with van der Waals surface area (Å²) in [6.07, 6.45) is 7.41. The molecule has 0 amide bonds. The van der Waals surface area contributed by atoms with Crippen molar-refractivity contribution in [3.63, 3.8) is 0 Å². The molecule has 0 saturated carbocycles. The van der Waals surface area contributed by atoms with Crippen molar-refractivity contribution in [3.8, 4) is 0 Å². The predicted octanol–water partition coefficient (Wildman–Crippen LogP) is 3.53. The topological polar surface area (TPSA) is 12.0 Å². The summed E-state index contributed by atoms with van der Waals surface area (Å²) in [4.78, 5) is 0. The highest BCUT2D eigenvalue weighted by Gasteiger charge is 2.23. The van der Waals surface area contributed by atoms with Crippen molar-refractivity contribution in [3.05, 3.63) is 39.9 Å². The Labute approximate surface area is 105 Å². The molecule has 1 heterocycles. The summed E-state index contributed by atoms with van der Waals surface area (Å²) in [7, 11) is 0. The van der Waals surface area contributed by atoms with Gasteiger partial charge < -0.3 is 5.32 Å². The molecule has 2 heteroatoms. The molecule has 2 aliphatic rings. The van der Waals surface area contributed by atoms with Crippen LogP contribution in [0.4, 0.5) is 0 Å². The maximum Gasteiger partial charge on any atom is 0.0323 e. The van der Waals surface area contributed by atoms with E-state index < -0.39 is 0 Å². The summed E-state index contributed by atoms with van der Waals surface area (Å²) in [6, 6.07) is 7.30. The summed E-state index contributed by atoms with van der Waals surface area (Å²) < 4.78 is 1.20. The molecule has 1 unspecified atom stereocenters. The number of hydrogen-bond acceptors (Lipinski definition) is 1. The molecular weight excluding hydrogens is 262 g/mol. The first-order valence-electron chi connectivity index (χ1n) is 6.07. The smallest absolute Gasteiger partial charge is 0.0323 e. The number of hydrogen-bond donors (Lipinski definition) is 1. The Balaban J connectivity index is 1.99. The average molecular weight is 278 g/mol. The summed E-state index contributed by atoms with van der Waals surface area (Å²) in [5.74, 6) is 0. The monoisotopic (exact) mass is 277 g/mol. The quantitative estimate of drug-likeness (QED) is 0.828. The molecule has 1 nitrogen and oxygen atoms in total. The van der Waals surface area contributed by atoms with Crippen molar-refractivity contribution in [2.75, 3.05) is 6.54 Å². The van der Waals surface area contributed by atoms with Gasteiger partial charge in [-0.25, -0.2) is 0 Å². The van der Waals surface area contributed by atoms with Gasteiger partial charge in [-0.15, -0.1) is 0 Å². The maximum absolute atomic E-state index is 3.60. The van der Waals surface area contributed by atoms with Gasteiger partial charge in [-0.3, -0.25) is 0 Å². The van der Waals surface area contributed by atoms with Crippen LogP contribution in [-0.2, 0) is 6.42 Å². The first-order valence-corrected chi connectivity index (χ1v) is 6.86. The molecule has 0 spiro atoms. The lowest BCUT2D eigenvalue weighted by molar-refractivity contribution is 0.735. The molecule has 1 saturated heterocycles. The number of halogens is 1. The molecule has 3 rings (SSSR count). The van der Waals surface area contributed by atoms with E-state index in [1.54, 1.807) is 0 Å². The second kappa shape index (κ2) is 4.34. The van der Waals surface area contributed by atoms with Gasteiger partial charge in [0.15, 0.2) is 0 Å². The highest BCUT2D eigenvalue weighted by molar-refractivity contribution is 9.10. The summed E-state index contributed by atoms with van der Waals surface area (Å²) >= 11 is 3.56. The zero-order chi connectivity index (χ0) is 11.0. The molecule has 0 bridgehead atoms. The van der Waals surface area contributed by atoms with Crippen LogP contribution in [-0.4, -0.2) is 12.6 Å². The number of aryl methyl sites for hydroxylation is 1. The Morgan fingerprint density at radius 2 is 2.25 bits per heavy atom. The Morgan fingerprint density at radius 3 is 3.06 bits per heavy atom. The number of allylic oxidation sites excluding steroid dienone is 1. The van der Waals surface area contributed by atoms with Gasteiger partial charge in [0.2, 0.25) is 0 Å². The second-order valence-corrected chi connectivity index (χ2v) is 5.56. The minimum atomic E-state index is 0.597. The van der Waals surface area contributed by atoms with Crippen LogP contribution in [0.2, 0.25) is 0 Å². The molecule has 16 heavy (non-hydrogen) atoms. The van der Waals surface area contributed by atoms with Gasteiger partial charge >= 0.3 is 0 Å². The highest BCUT2D eigenvalue weighted by atomic mass is 79.9. The molecular formula is C14H16BrN. The summed E-state index contributed by atoms with van der Waals surface area (Å²) in [6.45, 7) is 1.17. The Hall–Kier alpha value is -0.600. The van der Waals surface area contributed by atoms with Crippen molar-refractivity contribution in [2.45, 2.75) is 31.7 Å². The third-order valence-electron chi connectivity index (χ3n) is 3.59. The summed E-state index contributed by atoms with van der Waals surface area (Å²) in [5.41, 5.74) is 4.50. The fourth-order valence-electron chi connectivity index (χ4n) is 2.82. The number of nitrogens with one attached hydrogen (secondary N) is 1. The lowest BCUT2D eigenvalue weighted by Crippen LogP contribution is -2.24. The van der Waals surface area contributed by atoms with Gasteiger partial charge in [0.25, 0.3) is 0 Å². The second-order valence-electron chi connectivity index (χ2n) is 4.65.